The van der Waals surface area contributed by atoms with E-state index >= 15 is 0 Å². The van der Waals surface area contributed by atoms with Gasteiger partial charge in [0.05, 0.1) is 0 Å². The number of alkyl halides is 6. The van der Waals surface area contributed by atoms with Crippen molar-refractivity contribution in [1.82, 2.24) is 0 Å². The molecule has 10 rings (SSSR count). The van der Waals surface area contributed by atoms with Crippen molar-refractivity contribution in [2.24, 2.45) is 29.1 Å². The first-order chi connectivity index (χ1) is 28.4. The van der Waals surface area contributed by atoms with E-state index in [0.717, 1.165) is 72.7 Å². The fourth-order valence-electron chi connectivity index (χ4n) is 10.9. The number of hydrogen-bond acceptors (Lipinski definition) is 0. The Bertz CT molecular complexity index is 2200. The number of benzene rings is 4. The molecule has 4 aromatic carbocycles. The van der Waals surface area contributed by atoms with Gasteiger partial charge in [-0.25, -0.2) is 5.57 Å². The molecular formula is C54H58Cl2F6Zr-2. The van der Waals surface area contributed by atoms with Gasteiger partial charge in [0, 0.05) is 0 Å². The van der Waals surface area contributed by atoms with E-state index in [2.05, 4.69) is 104 Å². The molecule has 0 N–H and O–H groups in total. The van der Waals surface area contributed by atoms with Crippen LogP contribution in [0, 0.1) is 41.2 Å². The molecule has 0 nitrogen and oxygen atoms in total. The molecule has 4 bridgehead atoms. The first-order valence-corrected chi connectivity index (χ1v) is 23.0. The van der Waals surface area contributed by atoms with E-state index in [4.69, 9.17) is 0 Å². The number of fused-ring (bicyclic) bond motifs is 3. The Labute approximate surface area is 399 Å². The van der Waals surface area contributed by atoms with Crippen LogP contribution in [-0.2, 0) is 53.8 Å². The largest absolute Gasteiger partial charge is 1.00 e. The molecule has 4 fully saturated rings. The second-order valence-electron chi connectivity index (χ2n) is 20.7. The number of hydrogen-bond donors (Lipinski definition) is 0. The summed E-state index contributed by atoms with van der Waals surface area (Å²) in [5.74, 6) is 3.82. The van der Waals surface area contributed by atoms with E-state index in [-0.39, 0.29) is 46.8 Å². The summed E-state index contributed by atoms with van der Waals surface area (Å²) in [4.78, 5) is 0. The maximum Gasteiger partial charge on any atom is -1.00 e. The Morgan fingerprint density at radius 1 is 0.667 bits per heavy atom. The summed E-state index contributed by atoms with van der Waals surface area (Å²) in [6.07, 6.45) is 8.80. The molecule has 1 unspecified atom stereocenters. The zero-order valence-corrected chi connectivity index (χ0v) is 41.5. The fraction of sp³-hybridized carbons (Fsp3) is 0.463. The van der Waals surface area contributed by atoms with Crippen LogP contribution in [0.4, 0.5) is 26.3 Å². The van der Waals surface area contributed by atoms with Gasteiger partial charge in [0.25, 0.3) is 0 Å². The summed E-state index contributed by atoms with van der Waals surface area (Å²) in [6.45, 7) is 18.1. The predicted molar refractivity (Wildman–Crippen MR) is 232 cm³/mol. The predicted octanol–water partition coefficient (Wildman–Crippen LogP) is 9.42. The molecule has 0 radical (unpaired) electrons. The van der Waals surface area contributed by atoms with Crippen molar-refractivity contribution in [2.45, 2.75) is 130 Å². The van der Waals surface area contributed by atoms with Crippen molar-refractivity contribution in [3.05, 3.63) is 153 Å². The van der Waals surface area contributed by atoms with Gasteiger partial charge in [-0.1, -0.05) is 91.5 Å². The molecule has 4 saturated carbocycles. The summed E-state index contributed by atoms with van der Waals surface area (Å²) < 4.78 is 76.7. The van der Waals surface area contributed by atoms with Crippen LogP contribution in [0.1, 0.15) is 145 Å². The molecule has 0 aromatic heterocycles. The molecule has 0 aliphatic heterocycles. The maximum absolute atomic E-state index is 12.7. The number of allylic oxidation sites excluding steroid dienone is 4. The summed E-state index contributed by atoms with van der Waals surface area (Å²) in [6, 6.07) is 24.3. The average molecular weight is 983 g/mol. The quantitative estimate of drug-likeness (QED) is 0.125. The molecule has 63 heavy (non-hydrogen) atoms. The third-order valence-electron chi connectivity index (χ3n) is 13.5. The third-order valence-corrected chi connectivity index (χ3v) is 14.9. The van der Waals surface area contributed by atoms with Crippen LogP contribution in [0.3, 0.4) is 0 Å². The molecule has 1 atom stereocenters. The molecule has 0 heterocycles. The Balaban J connectivity index is 0.000000176. The maximum atomic E-state index is 12.7. The number of halogens is 8. The first kappa shape index (κ1) is 51.3. The van der Waals surface area contributed by atoms with Crippen molar-refractivity contribution in [3.8, 4) is 11.1 Å². The fourth-order valence-corrected chi connectivity index (χ4v) is 11.7. The molecule has 336 valence electrons. The zero-order valence-electron chi connectivity index (χ0n) is 37.6. The normalized spacial score (nSPS) is 23.1. The van der Waals surface area contributed by atoms with Crippen molar-refractivity contribution in [1.29, 1.82) is 0 Å². The Morgan fingerprint density at radius 2 is 1.17 bits per heavy atom. The van der Waals surface area contributed by atoms with E-state index in [1.807, 2.05) is 0 Å². The van der Waals surface area contributed by atoms with Gasteiger partial charge in [0.2, 0.25) is 0 Å². The van der Waals surface area contributed by atoms with Crippen molar-refractivity contribution in [2.75, 3.05) is 0 Å². The van der Waals surface area contributed by atoms with Gasteiger partial charge in [0.15, 0.2) is 0 Å². The topological polar surface area (TPSA) is 0 Å². The van der Waals surface area contributed by atoms with Crippen LogP contribution in [-0.4, -0.2) is 3.21 Å². The molecular weight excluding hydrogens is 925 g/mol. The minimum Gasteiger partial charge on any atom is -1.00 e. The van der Waals surface area contributed by atoms with Crippen molar-refractivity contribution in [3.63, 3.8) is 0 Å². The van der Waals surface area contributed by atoms with E-state index in [9.17, 15) is 26.3 Å². The van der Waals surface area contributed by atoms with Crippen molar-refractivity contribution >= 4 is 3.21 Å². The van der Waals surface area contributed by atoms with Gasteiger partial charge in [-0.2, -0.15) is 35.4 Å². The second kappa shape index (κ2) is 19.2. The van der Waals surface area contributed by atoms with Gasteiger partial charge in [-0.05, 0) is 90.1 Å². The average Bonchev–Trinajstić information content (AvgIpc) is 3.69. The van der Waals surface area contributed by atoms with Crippen LogP contribution in [0.2, 0.25) is 0 Å². The van der Waals surface area contributed by atoms with Gasteiger partial charge in [0.1, 0.15) is 0 Å². The van der Waals surface area contributed by atoms with Crippen LogP contribution in [0.15, 0.2) is 96.1 Å². The van der Waals surface area contributed by atoms with E-state index < -0.39 is 23.5 Å². The molecule has 9 heteroatoms. The van der Waals surface area contributed by atoms with Crippen LogP contribution >= 0.6 is 0 Å². The minimum absolute atomic E-state index is 0. The summed E-state index contributed by atoms with van der Waals surface area (Å²) in [5, 5.41) is 0. The zero-order chi connectivity index (χ0) is 44.3. The van der Waals surface area contributed by atoms with E-state index in [1.165, 1.54) is 69.6 Å². The molecule has 0 saturated heterocycles. The first-order valence-electron chi connectivity index (χ1n) is 21.8. The van der Waals surface area contributed by atoms with Gasteiger partial charge < -0.3 is 24.8 Å². The molecule has 4 aromatic rings. The Hall–Kier alpha value is -2.73. The van der Waals surface area contributed by atoms with E-state index in [1.54, 1.807) is 44.1 Å². The second-order valence-corrected chi connectivity index (χ2v) is 21.9. The SMILES string of the molecule is CC(C)(C)c1[c-]c2c(cc1)-c1ccc(C(C)(C)C)cc1C2.CC1=[C-]C(C)C=C1CC12CC3CC(CC(C3)C1)C2.FC(F)(F)c1cccc([C](=[Zr+2])c2cccc(C(F)(F)F)c2)c1.[Cl-].[Cl-]. The summed E-state index contributed by atoms with van der Waals surface area (Å²) >= 11 is 0.729. The molecule has 6 aliphatic rings. The summed E-state index contributed by atoms with van der Waals surface area (Å²) in [5.41, 5.74) is 11.4. The molecule has 0 spiro atoms. The third kappa shape index (κ3) is 12.0. The van der Waals surface area contributed by atoms with Gasteiger partial charge in [-0.3, -0.25) is 6.08 Å². The Kier molecular flexibility index (Phi) is 15.7. The van der Waals surface area contributed by atoms with Crippen LogP contribution < -0.4 is 24.8 Å². The smallest absolute Gasteiger partial charge is 1.00 e. The van der Waals surface area contributed by atoms with Gasteiger partial charge >= 0.3 is 137 Å². The van der Waals surface area contributed by atoms with E-state index in [0.29, 0.717) is 14.5 Å². The number of rotatable bonds is 4. The molecule has 0 amide bonds. The van der Waals surface area contributed by atoms with Gasteiger partial charge in [-0.15, -0.1) is 11.1 Å². The van der Waals surface area contributed by atoms with Crippen LogP contribution in [0.25, 0.3) is 11.1 Å². The van der Waals surface area contributed by atoms with Crippen LogP contribution in [0.5, 0.6) is 0 Å². The molecule has 6 aliphatic carbocycles. The monoisotopic (exact) mass is 980 g/mol. The van der Waals surface area contributed by atoms with Crippen molar-refractivity contribution < 1.29 is 75.4 Å². The standard InChI is InChI=1S/C21H25.C18H25.C15H8F6.2ClH.Zr/c1-20(2,3)16-7-9-18-14(12-16)11-15-13-17(21(4,5)6)8-10-19(15)18;1-12-3-13(2)17(4-12)11-18-8-14-5-15(9-18)7-16(6-14)10-18;16-14(17,18)12-5-1-3-10(8-12)7-11-4-2-6-13(9-11)15(19,20)21;;;/h7-10,12H,11H2,1-6H3;4,12,14-16H,5-11H2,1-2H3;1-6,8-9H;2*1H;/q2*-1;;;;+2/p-2. The minimum atomic E-state index is -4.49. The Morgan fingerprint density at radius 3 is 1.62 bits per heavy atom. The summed E-state index contributed by atoms with van der Waals surface area (Å²) in [7, 11) is 0.